The van der Waals surface area contributed by atoms with Gasteiger partial charge in [0.15, 0.2) is 5.96 Å². The number of hydrogen-bond acceptors (Lipinski definition) is 5. The first-order valence-electron chi connectivity index (χ1n) is 15.6. The fraction of sp³-hybridized carbons (Fsp3) is 0.412. The van der Waals surface area contributed by atoms with E-state index in [2.05, 4.69) is 20.9 Å². The average Bonchev–Trinajstić information content (AvgIpc) is 3.15. The smallest absolute Gasteiger partial charge is 0.251 e. The van der Waals surface area contributed by atoms with Crippen LogP contribution in [0.2, 0.25) is 0 Å². The number of carbonyl (C=O) groups excluding carboxylic acids is 3. The number of aliphatic imine (C=N–C) groups is 1. The second-order valence-corrected chi connectivity index (χ2v) is 11.8. The zero-order valence-electron chi connectivity index (χ0n) is 25.1. The Morgan fingerprint density at radius 3 is 2.45 bits per heavy atom. The predicted molar refractivity (Wildman–Crippen MR) is 173 cm³/mol. The summed E-state index contributed by atoms with van der Waals surface area (Å²) >= 11 is 0. The van der Waals surface area contributed by atoms with Gasteiger partial charge in [-0.05, 0) is 60.6 Å². The molecule has 0 unspecified atom stereocenters. The Labute approximate surface area is 258 Å². The van der Waals surface area contributed by atoms with E-state index in [0.717, 1.165) is 35.6 Å². The van der Waals surface area contributed by atoms with Gasteiger partial charge in [0.25, 0.3) is 5.91 Å². The number of guanidine groups is 1. The highest BCUT2D eigenvalue weighted by Gasteiger charge is 2.34. The minimum Gasteiger partial charge on any atom is -0.370 e. The molecule has 10 nitrogen and oxygen atoms in total. The third-order valence-electron chi connectivity index (χ3n) is 8.66. The second-order valence-electron chi connectivity index (χ2n) is 11.8. The van der Waals surface area contributed by atoms with Crippen molar-refractivity contribution in [2.24, 2.45) is 22.4 Å². The second kappa shape index (κ2) is 14.8. The van der Waals surface area contributed by atoms with Crippen molar-refractivity contribution in [3.8, 4) is 0 Å². The minimum atomic E-state index is -0.479. The minimum absolute atomic E-state index is 0.0222. The van der Waals surface area contributed by atoms with Crippen molar-refractivity contribution >= 4 is 34.5 Å². The standard InChI is InChI=1S/C34H43N7O3/c35-34(36)37-18-7-14-29-33(44)41(22-30(24-9-2-1-3-10-24)40-32(43)25-12-6-13-25)19-17-28(39-29)21-38-31(42)27-16-15-23-8-4-5-11-26(23)20-27/h1-5,8-11,15-16,20,25,28-30,39H,6-7,12-14,17-19,21-22H2,(H,38,42)(H,40,43)(H4,35,36,37)/t28-,29-,30+/m0/s1. The molecule has 3 atom stereocenters. The molecule has 1 heterocycles. The number of hydrogen-bond donors (Lipinski definition) is 5. The van der Waals surface area contributed by atoms with Gasteiger partial charge in [-0.3, -0.25) is 19.4 Å². The molecule has 0 radical (unpaired) electrons. The third-order valence-corrected chi connectivity index (χ3v) is 8.66. The fourth-order valence-electron chi connectivity index (χ4n) is 5.88. The van der Waals surface area contributed by atoms with E-state index in [1.54, 1.807) is 0 Å². The van der Waals surface area contributed by atoms with E-state index in [0.29, 0.717) is 51.0 Å². The van der Waals surface area contributed by atoms with Gasteiger partial charge in [0.1, 0.15) is 0 Å². The molecule has 3 amide bonds. The maximum absolute atomic E-state index is 13.9. The highest BCUT2D eigenvalue weighted by molar-refractivity contribution is 5.98. The summed E-state index contributed by atoms with van der Waals surface area (Å²) in [6.45, 7) is 1.65. The number of nitrogens with two attached hydrogens (primary N) is 2. The van der Waals surface area contributed by atoms with Crippen LogP contribution in [0.5, 0.6) is 0 Å². The van der Waals surface area contributed by atoms with Crippen LogP contribution in [0.4, 0.5) is 0 Å². The lowest BCUT2D eigenvalue weighted by atomic mass is 9.84. The third kappa shape index (κ3) is 8.13. The Morgan fingerprint density at radius 2 is 1.73 bits per heavy atom. The van der Waals surface area contributed by atoms with Crippen LogP contribution in [0, 0.1) is 5.92 Å². The van der Waals surface area contributed by atoms with Gasteiger partial charge in [0.2, 0.25) is 11.8 Å². The zero-order chi connectivity index (χ0) is 30.9. The molecule has 1 saturated carbocycles. The van der Waals surface area contributed by atoms with Crippen molar-refractivity contribution in [2.75, 3.05) is 26.2 Å². The largest absolute Gasteiger partial charge is 0.370 e. The first kappa shape index (κ1) is 31.0. The summed E-state index contributed by atoms with van der Waals surface area (Å²) in [5.41, 5.74) is 12.6. The molecule has 3 aromatic carbocycles. The van der Waals surface area contributed by atoms with E-state index in [1.807, 2.05) is 77.7 Å². The van der Waals surface area contributed by atoms with E-state index >= 15 is 0 Å². The van der Waals surface area contributed by atoms with Crippen molar-refractivity contribution in [3.63, 3.8) is 0 Å². The molecule has 7 N–H and O–H groups in total. The Balaban J connectivity index is 1.28. The molecule has 1 aliphatic heterocycles. The molecule has 0 aromatic heterocycles. The Bertz CT molecular complexity index is 1470. The highest BCUT2D eigenvalue weighted by atomic mass is 16.2. The number of nitrogens with zero attached hydrogens (tertiary/aromatic N) is 2. The lowest BCUT2D eigenvalue weighted by Crippen LogP contribution is -2.50. The van der Waals surface area contributed by atoms with E-state index in [9.17, 15) is 14.4 Å². The van der Waals surface area contributed by atoms with E-state index < -0.39 is 6.04 Å². The van der Waals surface area contributed by atoms with Crippen LogP contribution in [-0.2, 0) is 9.59 Å². The van der Waals surface area contributed by atoms with Gasteiger partial charge in [-0.2, -0.15) is 0 Å². The van der Waals surface area contributed by atoms with Gasteiger partial charge in [-0.1, -0.05) is 67.1 Å². The van der Waals surface area contributed by atoms with Crippen LogP contribution in [-0.4, -0.2) is 66.8 Å². The van der Waals surface area contributed by atoms with Gasteiger partial charge >= 0.3 is 0 Å². The monoisotopic (exact) mass is 597 g/mol. The molecule has 5 rings (SSSR count). The Hall–Kier alpha value is -4.44. The predicted octanol–water partition coefficient (Wildman–Crippen LogP) is 2.84. The van der Waals surface area contributed by atoms with Crippen LogP contribution in [0.3, 0.4) is 0 Å². The molecule has 1 saturated heterocycles. The molecule has 2 aliphatic rings. The molecule has 44 heavy (non-hydrogen) atoms. The van der Waals surface area contributed by atoms with Crippen molar-refractivity contribution in [2.45, 2.75) is 56.7 Å². The lowest BCUT2D eigenvalue weighted by Gasteiger charge is -2.32. The van der Waals surface area contributed by atoms with Crippen LogP contribution in [0.25, 0.3) is 10.8 Å². The van der Waals surface area contributed by atoms with Crippen molar-refractivity contribution in [1.29, 1.82) is 0 Å². The maximum Gasteiger partial charge on any atom is 0.251 e. The van der Waals surface area contributed by atoms with Gasteiger partial charge in [-0.25, -0.2) is 0 Å². The molecule has 0 spiro atoms. The lowest BCUT2D eigenvalue weighted by molar-refractivity contribution is -0.134. The number of rotatable bonds is 12. The van der Waals surface area contributed by atoms with Crippen LogP contribution in [0.15, 0.2) is 77.8 Å². The molecular weight excluding hydrogens is 554 g/mol. The maximum atomic E-state index is 13.9. The van der Waals surface area contributed by atoms with Gasteiger partial charge < -0.3 is 32.3 Å². The van der Waals surface area contributed by atoms with Crippen molar-refractivity contribution in [3.05, 3.63) is 83.9 Å². The van der Waals surface area contributed by atoms with Crippen molar-refractivity contribution in [1.82, 2.24) is 20.9 Å². The molecule has 1 aliphatic carbocycles. The SMILES string of the molecule is NC(N)=NCCC[C@@H]1N[C@H](CNC(=O)c2ccc3ccccc3c2)CCN(C[C@@H](NC(=O)C2CCC2)c2ccccc2)C1=O. The van der Waals surface area contributed by atoms with Crippen LogP contribution >= 0.6 is 0 Å². The highest BCUT2D eigenvalue weighted by Crippen LogP contribution is 2.28. The summed E-state index contributed by atoms with van der Waals surface area (Å²) in [6, 6.07) is 22.5. The first-order valence-corrected chi connectivity index (χ1v) is 15.6. The molecule has 232 valence electrons. The number of nitrogens with one attached hydrogen (secondary N) is 3. The van der Waals surface area contributed by atoms with Gasteiger partial charge in [0.05, 0.1) is 12.1 Å². The number of amides is 3. The topological polar surface area (TPSA) is 155 Å². The summed E-state index contributed by atoms with van der Waals surface area (Å²) in [4.78, 5) is 45.9. The van der Waals surface area contributed by atoms with Crippen LogP contribution < -0.4 is 27.4 Å². The average molecular weight is 598 g/mol. The summed E-state index contributed by atoms with van der Waals surface area (Å²) in [6.07, 6.45) is 4.68. The van der Waals surface area contributed by atoms with Crippen molar-refractivity contribution < 1.29 is 14.4 Å². The first-order chi connectivity index (χ1) is 21.4. The van der Waals surface area contributed by atoms with Gasteiger partial charge in [-0.15, -0.1) is 0 Å². The summed E-state index contributed by atoms with van der Waals surface area (Å²) < 4.78 is 0. The quantitative estimate of drug-likeness (QED) is 0.123. The molecule has 2 fully saturated rings. The molecule has 0 bridgehead atoms. The molecular formula is C34H43N7O3. The normalized spacial score (nSPS) is 19.5. The van der Waals surface area contributed by atoms with E-state index in [1.165, 1.54) is 0 Å². The van der Waals surface area contributed by atoms with Gasteiger partial charge in [0, 0.05) is 43.7 Å². The Kier molecular flexibility index (Phi) is 10.5. The summed E-state index contributed by atoms with van der Waals surface area (Å²) in [5, 5.41) is 11.9. The molecule has 10 heteroatoms. The fourth-order valence-corrected chi connectivity index (χ4v) is 5.88. The number of benzene rings is 3. The Morgan fingerprint density at radius 1 is 0.977 bits per heavy atom. The summed E-state index contributed by atoms with van der Waals surface area (Å²) in [7, 11) is 0. The molecule has 3 aromatic rings. The van der Waals surface area contributed by atoms with E-state index in [-0.39, 0.29) is 41.7 Å². The summed E-state index contributed by atoms with van der Waals surface area (Å²) in [5.74, 6) is -0.0712. The number of carbonyl (C=O) groups is 3. The number of fused-ring (bicyclic) bond motifs is 1. The van der Waals surface area contributed by atoms with E-state index in [4.69, 9.17) is 11.5 Å². The van der Waals surface area contributed by atoms with Crippen LogP contribution in [0.1, 0.15) is 60.5 Å². The zero-order valence-corrected chi connectivity index (χ0v) is 25.1.